The van der Waals surface area contributed by atoms with Crippen molar-refractivity contribution in [2.45, 2.75) is 0 Å². The maximum Gasteiger partial charge on any atom is 0.366 e. The van der Waals surface area contributed by atoms with Gasteiger partial charge >= 0.3 is 5.97 Å². The van der Waals surface area contributed by atoms with Crippen molar-refractivity contribution in [3.8, 4) is 0 Å². The summed E-state index contributed by atoms with van der Waals surface area (Å²) in [6, 6.07) is 10.4. The van der Waals surface area contributed by atoms with Crippen LogP contribution in [0.15, 0.2) is 48.7 Å². The van der Waals surface area contributed by atoms with E-state index in [1.807, 2.05) is 0 Å². The van der Waals surface area contributed by atoms with Gasteiger partial charge in [-0.2, -0.15) is 0 Å². The van der Waals surface area contributed by atoms with Crippen molar-refractivity contribution < 1.29 is 23.6 Å². The number of carbonyl (C=O) groups excluding carboxylic acids is 3. The average Bonchev–Trinajstić information content (AvgIpc) is 3.12. The normalized spacial score (nSPS) is 13.5. The molecule has 1 aliphatic heterocycles. The summed E-state index contributed by atoms with van der Waals surface area (Å²) in [5.74, 6) is -3.07. The van der Waals surface area contributed by atoms with Crippen molar-refractivity contribution in [2.75, 3.05) is 0 Å². The number of amides is 2. The molecule has 6 nitrogen and oxygen atoms in total. The van der Waals surface area contributed by atoms with E-state index in [1.54, 1.807) is 18.2 Å². The number of H-pyrrole nitrogens is 1. The van der Waals surface area contributed by atoms with Crippen molar-refractivity contribution in [3.05, 3.63) is 71.2 Å². The molecule has 4 rings (SSSR count). The molecule has 0 spiro atoms. The van der Waals surface area contributed by atoms with E-state index >= 15 is 0 Å². The maximum atomic E-state index is 13.9. The Bertz CT molecular complexity index is 989. The number of hydrogen-bond donors (Lipinski definition) is 1. The Morgan fingerprint density at radius 3 is 2.33 bits per heavy atom. The van der Waals surface area contributed by atoms with Gasteiger partial charge in [-0.3, -0.25) is 9.59 Å². The van der Waals surface area contributed by atoms with Crippen LogP contribution in [-0.2, 0) is 4.84 Å². The lowest BCUT2D eigenvalue weighted by atomic mass is 10.1. The molecular formula is C17H9FN2O4. The van der Waals surface area contributed by atoms with Crippen LogP contribution in [0.2, 0.25) is 0 Å². The van der Waals surface area contributed by atoms with Crippen molar-refractivity contribution in [1.82, 2.24) is 10.0 Å². The Labute approximate surface area is 134 Å². The van der Waals surface area contributed by atoms with Crippen molar-refractivity contribution in [3.63, 3.8) is 0 Å². The van der Waals surface area contributed by atoms with Gasteiger partial charge in [-0.05, 0) is 24.3 Å². The topological polar surface area (TPSA) is 79.5 Å². The van der Waals surface area contributed by atoms with Crippen LogP contribution in [0.1, 0.15) is 31.1 Å². The molecular weight excluding hydrogens is 315 g/mol. The number of fused-ring (bicyclic) bond motifs is 2. The van der Waals surface area contributed by atoms with Gasteiger partial charge in [0.2, 0.25) is 0 Å². The first kappa shape index (κ1) is 14.1. The highest BCUT2D eigenvalue weighted by Crippen LogP contribution is 2.26. The van der Waals surface area contributed by atoms with Gasteiger partial charge in [0.1, 0.15) is 5.82 Å². The van der Waals surface area contributed by atoms with Gasteiger partial charge in [0, 0.05) is 17.1 Å². The van der Waals surface area contributed by atoms with Gasteiger partial charge in [0.15, 0.2) is 0 Å². The first-order valence-electron chi connectivity index (χ1n) is 7.03. The van der Waals surface area contributed by atoms with Crippen LogP contribution in [0.5, 0.6) is 0 Å². The number of hydrogen-bond acceptors (Lipinski definition) is 4. The quantitative estimate of drug-likeness (QED) is 0.735. The minimum Gasteiger partial charge on any atom is -0.360 e. The van der Waals surface area contributed by atoms with E-state index in [1.165, 1.54) is 30.5 Å². The van der Waals surface area contributed by atoms with Gasteiger partial charge in [0.05, 0.1) is 16.7 Å². The number of hydroxylamine groups is 2. The van der Waals surface area contributed by atoms with Crippen LogP contribution in [0.4, 0.5) is 4.39 Å². The fourth-order valence-corrected chi connectivity index (χ4v) is 2.68. The van der Waals surface area contributed by atoms with Crippen molar-refractivity contribution in [1.29, 1.82) is 0 Å². The molecule has 0 saturated heterocycles. The largest absolute Gasteiger partial charge is 0.366 e. The third-order valence-electron chi connectivity index (χ3n) is 3.81. The minimum atomic E-state index is -0.999. The third kappa shape index (κ3) is 1.91. The summed E-state index contributed by atoms with van der Waals surface area (Å²) in [7, 11) is 0. The summed E-state index contributed by atoms with van der Waals surface area (Å²) in [5.41, 5.74) is 0.616. The number of aromatic nitrogens is 1. The van der Waals surface area contributed by atoms with Gasteiger partial charge in [-0.25, -0.2) is 9.18 Å². The molecule has 1 N–H and O–H groups in total. The number of benzene rings is 2. The monoisotopic (exact) mass is 324 g/mol. The highest BCUT2D eigenvalue weighted by Gasteiger charge is 2.39. The molecule has 0 fully saturated rings. The Morgan fingerprint density at radius 1 is 1.00 bits per heavy atom. The summed E-state index contributed by atoms with van der Waals surface area (Å²) in [4.78, 5) is 44.4. The SMILES string of the molecule is O=C(ON1C(=O)c2ccccc2C1=O)c1c[nH]c2cccc(F)c12. The van der Waals surface area contributed by atoms with E-state index in [4.69, 9.17) is 4.84 Å². The number of halogens is 1. The number of nitrogens with one attached hydrogen (secondary N) is 1. The van der Waals surface area contributed by atoms with Crippen LogP contribution in [-0.4, -0.2) is 27.8 Å². The standard InChI is InChI=1S/C17H9FN2O4/c18-12-6-3-7-13-14(12)11(8-19-13)17(23)24-20-15(21)9-4-1-2-5-10(9)16(20)22/h1-8,19H. The van der Waals surface area contributed by atoms with Crippen LogP contribution in [0.3, 0.4) is 0 Å². The molecule has 1 aliphatic rings. The molecule has 0 radical (unpaired) electrons. The van der Waals surface area contributed by atoms with Crippen LogP contribution in [0.25, 0.3) is 10.9 Å². The van der Waals surface area contributed by atoms with E-state index in [9.17, 15) is 18.8 Å². The van der Waals surface area contributed by atoms with Crippen LogP contribution >= 0.6 is 0 Å². The average molecular weight is 324 g/mol. The Hall–Kier alpha value is -3.48. The molecule has 2 heterocycles. The molecule has 0 atom stereocenters. The highest BCUT2D eigenvalue weighted by molar-refractivity contribution is 6.21. The number of imide groups is 1. The molecule has 2 aromatic carbocycles. The fraction of sp³-hybridized carbons (Fsp3) is 0. The fourth-order valence-electron chi connectivity index (χ4n) is 2.68. The predicted molar refractivity (Wildman–Crippen MR) is 80.6 cm³/mol. The van der Waals surface area contributed by atoms with Crippen molar-refractivity contribution >= 4 is 28.7 Å². The first-order chi connectivity index (χ1) is 11.6. The van der Waals surface area contributed by atoms with E-state index in [-0.39, 0.29) is 22.1 Å². The minimum absolute atomic E-state index is 0.0408. The molecule has 3 aromatic rings. The predicted octanol–water partition coefficient (Wildman–Crippen LogP) is 2.68. The summed E-state index contributed by atoms with van der Waals surface area (Å²) in [6.07, 6.45) is 1.27. The van der Waals surface area contributed by atoms with E-state index in [0.717, 1.165) is 0 Å². The Balaban J connectivity index is 1.68. The molecule has 2 amide bonds. The second-order valence-electron chi connectivity index (χ2n) is 5.19. The lowest BCUT2D eigenvalue weighted by Gasteiger charge is -2.12. The molecule has 24 heavy (non-hydrogen) atoms. The summed E-state index contributed by atoms with van der Waals surface area (Å²) < 4.78 is 13.9. The number of rotatable bonds is 2. The molecule has 7 heteroatoms. The molecule has 0 bridgehead atoms. The molecule has 1 aromatic heterocycles. The summed E-state index contributed by atoms with van der Waals surface area (Å²) >= 11 is 0. The number of aromatic amines is 1. The lowest BCUT2D eigenvalue weighted by Crippen LogP contribution is -2.32. The van der Waals surface area contributed by atoms with Crippen molar-refractivity contribution in [2.24, 2.45) is 0 Å². The molecule has 0 aliphatic carbocycles. The second kappa shape index (κ2) is 5.02. The summed E-state index contributed by atoms with van der Waals surface area (Å²) in [6.45, 7) is 0. The molecule has 0 unspecified atom stereocenters. The summed E-state index contributed by atoms with van der Waals surface area (Å²) in [5, 5.41) is 0.436. The van der Waals surface area contributed by atoms with E-state index in [2.05, 4.69) is 4.98 Å². The zero-order valence-electron chi connectivity index (χ0n) is 12.1. The Kier molecular flexibility index (Phi) is 2.96. The van der Waals surface area contributed by atoms with Crippen LogP contribution in [0, 0.1) is 5.82 Å². The molecule has 0 saturated carbocycles. The zero-order chi connectivity index (χ0) is 16.8. The van der Waals surface area contributed by atoms with Gasteiger partial charge in [0.25, 0.3) is 11.8 Å². The smallest absolute Gasteiger partial charge is 0.360 e. The highest BCUT2D eigenvalue weighted by atomic mass is 19.1. The number of carbonyl (C=O) groups is 3. The van der Waals surface area contributed by atoms with E-state index in [0.29, 0.717) is 10.6 Å². The van der Waals surface area contributed by atoms with Gasteiger partial charge in [-0.15, -0.1) is 0 Å². The maximum absolute atomic E-state index is 13.9. The van der Waals surface area contributed by atoms with Crippen LogP contribution < -0.4 is 0 Å². The second-order valence-corrected chi connectivity index (χ2v) is 5.19. The lowest BCUT2D eigenvalue weighted by molar-refractivity contribution is -0.0583. The number of nitrogens with zero attached hydrogens (tertiary/aromatic N) is 1. The van der Waals surface area contributed by atoms with Gasteiger partial charge in [-0.1, -0.05) is 23.3 Å². The van der Waals surface area contributed by atoms with Gasteiger partial charge < -0.3 is 9.82 Å². The molecule has 118 valence electrons. The third-order valence-corrected chi connectivity index (χ3v) is 3.81. The zero-order valence-corrected chi connectivity index (χ0v) is 12.1. The first-order valence-corrected chi connectivity index (χ1v) is 7.03. The Morgan fingerprint density at radius 2 is 1.67 bits per heavy atom. The van der Waals surface area contributed by atoms with E-state index < -0.39 is 23.6 Å².